The number of fused-ring (bicyclic) bond motifs is 1. The Morgan fingerprint density at radius 3 is 2.76 bits per heavy atom. The molecular weight excluding hydrogens is 461 g/mol. The molecule has 0 radical (unpaired) electrons. The summed E-state index contributed by atoms with van der Waals surface area (Å²) in [5.41, 5.74) is 2.93. The van der Waals surface area contributed by atoms with Gasteiger partial charge in [-0.1, -0.05) is 24.8 Å². The van der Waals surface area contributed by atoms with Gasteiger partial charge in [-0.2, -0.15) is 13.2 Å². The molecule has 0 unspecified atom stereocenters. The lowest BCUT2D eigenvalue weighted by molar-refractivity contribution is -0.137. The van der Waals surface area contributed by atoms with Crippen LogP contribution in [0.15, 0.2) is 48.7 Å². The summed E-state index contributed by atoms with van der Waals surface area (Å²) in [6.45, 7) is 9.88. The second-order valence-electron chi connectivity index (χ2n) is 8.36. The molecule has 1 aliphatic rings. The molecule has 1 aliphatic heterocycles. The van der Waals surface area contributed by atoms with Crippen molar-refractivity contribution in [1.82, 2.24) is 14.9 Å². The average molecular weight is 489 g/mol. The summed E-state index contributed by atoms with van der Waals surface area (Å²) in [6, 6.07) is 7.09. The third-order valence-corrected chi connectivity index (χ3v) is 7.04. The van der Waals surface area contributed by atoms with Gasteiger partial charge < -0.3 is 15.0 Å². The van der Waals surface area contributed by atoms with Crippen molar-refractivity contribution in [3.8, 4) is 0 Å². The van der Waals surface area contributed by atoms with Crippen molar-refractivity contribution in [2.45, 2.75) is 32.5 Å². The van der Waals surface area contributed by atoms with Crippen LogP contribution < -0.4 is 5.32 Å². The van der Waals surface area contributed by atoms with Crippen LogP contribution in [0, 0.1) is 6.92 Å². The second kappa shape index (κ2) is 9.76. The Morgan fingerprint density at radius 2 is 2.09 bits per heavy atom. The van der Waals surface area contributed by atoms with E-state index in [4.69, 9.17) is 4.74 Å². The van der Waals surface area contributed by atoms with Gasteiger partial charge in [0.05, 0.1) is 28.4 Å². The Bertz CT molecular complexity index is 1230. The molecule has 9 heteroatoms. The molecule has 34 heavy (non-hydrogen) atoms. The van der Waals surface area contributed by atoms with Crippen molar-refractivity contribution >= 4 is 32.9 Å². The minimum absolute atomic E-state index is 0.361. The maximum absolute atomic E-state index is 13.1. The van der Waals surface area contributed by atoms with Crippen molar-refractivity contribution < 1.29 is 17.9 Å². The van der Waals surface area contributed by atoms with Crippen LogP contribution in [0.2, 0.25) is 0 Å². The van der Waals surface area contributed by atoms with E-state index in [9.17, 15) is 13.2 Å². The monoisotopic (exact) mass is 488 g/mol. The number of benzene rings is 1. The van der Waals surface area contributed by atoms with Gasteiger partial charge in [0, 0.05) is 30.8 Å². The van der Waals surface area contributed by atoms with Gasteiger partial charge in [0.25, 0.3) is 0 Å². The summed E-state index contributed by atoms with van der Waals surface area (Å²) in [5.74, 6) is 1.24. The number of hydrogen-bond donors (Lipinski definition) is 1. The minimum Gasteiger partial charge on any atom is -0.379 e. The number of hydrogen-bond acceptors (Lipinski definition) is 6. The van der Waals surface area contributed by atoms with Crippen molar-refractivity contribution in [2.75, 3.05) is 32.1 Å². The number of aromatic nitrogens is 2. The number of rotatable bonds is 7. The number of thiophene rings is 1. The number of ether oxygens (including phenoxy) is 1. The molecule has 0 bridgehead atoms. The first kappa shape index (κ1) is 24.2. The first-order valence-corrected chi connectivity index (χ1v) is 11.8. The zero-order valence-corrected chi connectivity index (χ0v) is 20.2. The summed E-state index contributed by atoms with van der Waals surface area (Å²) in [4.78, 5) is 12.5. The highest BCUT2D eigenvalue weighted by Gasteiger charge is 2.30. The van der Waals surface area contributed by atoms with Crippen molar-refractivity contribution in [3.63, 3.8) is 0 Å². The minimum atomic E-state index is -4.38. The van der Waals surface area contributed by atoms with E-state index in [1.807, 2.05) is 13.8 Å². The number of methoxy groups -OCH3 is 1. The third-order valence-electron chi connectivity index (χ3n) is 5.83. The number of nitrogens with one attached hydrogen (secondary N) is 1. The van der Waals surface area contributed by atoms with E-state index >= 15 is 0 Å². The van der Waals surface area contributed by atoms with Crippen LogP contribution >= 0.6 is 11.3 Å². The molecule has 1 N–H and O–H groups in total. The quantitative estimate of drug-likeness (QED) is 0.415. The van der Waals surface area contributed by atoms with Gasteiger partial charge in [-0.25, -0.2) is 9.97 Å². The molecule has 0 fully saturated rings. The molecule has 1 atom stereocenters. The van der Waals surface area contributed by atoms with E-state index in [1.165, 1.54) is 17.7 Å². The van der Waals surface area contributed by atoms with E-state index in [1.54, 1.807) is 24.5 Å². The van der Waals surface area contributed by atoms with Gasteiger partial charge in [-0.3, -0.25) is 0 Å². The number of aryl methyl sites for hydroxylation is 1. The number of alkyl halides is 3. The van der Waals surface area contributed by atoms with Crippen molar-refractivity contribution in [3.05, 3.63) is 70.5 Å². The summed E-state index contributed by atoms with van der Waals surface area (Å²) in [5, 5.41) is 3.31. The van der Waals surface area contributed by atoms with Gasteiger partial charge in [0.15, 0.2) is 0 Å². The largest absolute Gasteiger partial charge is 0.416 e. The molecule has 180 valence electrons. The molecule has 0 saturated carbocycles. The van der Waals surface area contributed by atoms with Gasteiger partial charge in [0.2, 0.25) is 0 Å². The molecule has 5 nitrogen and oxygen atoms in total. The predicted octanol–water partition coefficient (Wildman–Crippen LogP) is 6.44. The number of nitrogens with zero attached hydrogens (tertiary/aromatic N) is 3. The number of halogens is 3. The second-order valence-corrected chi connectivity index (χ2v) is 9.41. The Hall–Kier alpha value is -2.91. The molecule has 0 saturated heterocycles. The molecule has 0 aliphatic carbocycles. The zero-order chi connectivity index (χ0) is 24.5. The Labute approximate surface area is 201 Å². The number of anilines is 1. The molecule has 1 aromatic carbocycles. The molecule has 0 spiro atoms. The van der Waals surface area contributed by atoms with E-state index < -0.39 is 11.7 Å². The Morgan fingerprint density at radius 1 is 1.29 bits per heavy atom. The summed E-state index contributed by atoms with van der Waals surface area (Å²) < 4.78 is 45.5. The summed E-state index contributed by atoms with van der Waals surface area (Å²) in [6.07, 6.45) is -1.30. The van der Waals surface area contributed by atoms with E-state index in [-0.39, 0.29) is 6.04 Å². The van der Waals surface area contributed by atoms with Gasteiger partial charge in [-0.05, 0) is 49.6 Å². The van der Waals surface area contributed by atoms with Gasteiger partial charge >= 0.3 is 6.18 Å². The fourth-order valence-electron chi connectivity index (χ4n) is 4.01. The molecular formula is C25H27F3N4OS. The SMILES string of the molecule is C=C(COC)N1CC=C(c2cc3nc(C)nc(N[C@H](C)c4cccc(C(F)(F)F)c4)c3s2)CC1. The Balaban J connectivity index is 1.59. The summed E-state index contributed by atoms with van der Waals surface area (Å²) in [7, 11) is 1.66. The fourth-order valence-corrected chi connectivity index (χ4v) is 5.13. The van der Waals surface area contributed by atoms with E-state index in [0.29, 0.717) is 23.8 Å². The van der Waals surface area contributed by atoms with E-state index in [0.717, 1.165) is 46.4 Å². The lowest BCUT2D eigenvalue weighted by Gasteiger charge is -2.29. The van der Waals surface area contributed by atoms with Crippen LogP contribution in [0.4, 0.5) is 19.0 Å². The standard InChI is InChI=1S/C25H27F3N4OS/c1-15(14-33-4)32-10-8-18(9-11-32)22-13-21-23(34-22)24(31-17(3)30-21)29-16(2)19-6-5-7-20(12-19)25(26,27)28/h5-8,12-13,16H,1,9-11,14H2,2-4H3,(H,29,30,31)/t16-/m1/s1. The topological polar surface area (TPSA) is 50.3 Å². The van der Waals surface area contributed by atoms with Crippen LogP contribution in [0.5, 0.6) is 0 Å². The lowest BCUT2D eigenvalue weighted by Crippen LogP contribution is -2.29. The maximum atomic E-state index is 13.1. The smallest absolute Gasteiger partial charge is 0.379 e. The van der Waals surface area contributed by atoms with Crippen LogP contribution in [-0.2, 0) is 10.9 Å². The fraction of sp³-hybridized carbons (Fsp3) is 0.360. The van der Waals surface area contributed by atoms with Crippen LogP contribution in [0.3, 0.4) is 0 Å². The van der Waals surface area contributed by atoms with Crippen LogP contribution in [0.1, 0.15) is 41.2 Å². The molecule has 4 rings (SSSR count). The van der Waals surface area contributed by atoms with Crippen LogP contribution in [0.25, 0.3) is 15.8 Å². The molecule has 3 aromatic rings. The lowest BCUT2D eigenvalue weighted by atomic mass is 10.0. The zero-order valence-electron chi connectivity index (χ0n) is 19.4. The molecule has 3 heterocycles. The Kier molecular flexibility index (Phi) is 6.95. The first-order valence-electron chi connectivity index (χ1n) is 11.0. The first-order chi connectivity index (χ1) is 16.2. The highest BCUT2D eigenvalue weighted by atomic mass is 32.1. The average Bonchev–Trinajstić information content (AvgIpc) is 3.23. The van der Waals surface area contributed by atoms with E-state index in [2.05, 4.69) is 38.9 Å². The van der Waals surface area contributed by atoms with Gasteiger partial charge in [-0.15, -0.1) is 11.3 Å². The maximum Gasteiger partial charge on any atom is 0.416 e. The molecule has 2 aromatic heterocycles. The van der Waals surface area contributed by atoms with Gasteiger partial charge in [0.1, 0.15) is 11.6 Å². The van der Waals surface area contributed by atoms with Crippen molar-refractivity contribution in [2.24, 2.45) is 0 Å². The normalized spacial score (nSPS) is 15.4. The highest BCUT2D eigenvalue weighted by Crippen LogP contribution is 2.37. The predicted molar refractivity (Wildman–Crippen MR) is 131 cm³/mol. The summed E-state index contributed by atoms with van der Waals surface area (Å²) >= 11 is 1.60. The highest BCUT2D eigenvalue weighted by molar-refractivity contribution is 7.20. The molecule has 0 amide bonds. The third kappa shape index (κ3) is 5.26. The van der Waals surface area contributed by atoms with Crippen LogP contribution in [-0.4, -0.2) is 41.7 Å². The van der Waals surface area contributed by atoms with Crippen molar-refractivity contribution in [1.29, 1.82) is 0 Å².